The highest BCUT2D eigenvalue weighted by molar-refractivity contribution is 5.59. The molecule has 0 bridgehead atoms. The van der Waals surface area contributed by atoms with E-state index >= 15 is 0 Å². The van der Waals surface area contributed by atoms with Crippen molar-refractivity contribution in [1.82, 2.24) is 4.68 Å². The van der Waals surface area contributed by atoms with Gasteiger partial charge in [0.1, 0.15) is 11.9 Å². The second-order valence-electron chi connectivity index (χ2n) is 3.37. The lowest BCUT2D eigenvalue weighted by Crippen LogP contribution is -2.16. The minimum Gasteiger partial charge on any atom is -0.383 e. The van der Waals surface area contributed by atoms with Gasteiger partial charge in [0, 0.05) is 5.69 Å². The first-order chi connectivity index (χ1) is 6.25. The second kappa shape index (κ2) is 2.70. The van der Waals surface area contributed by atoms with Crippen molar-refractivity contribution in [3.63, 3.8) is 0 Å². The molecule has 1 aliphatic carbocycles. The molecule has 0 aromatic carbocycles. The van der Waals surface area contributed by atoms with Crippen molar-refractivity contribution in [2.45, 2.75) is 25.7 Å². The van der Waals surface area contributed by atoms with Gasteiger partial charge < -0.3 is 11.6 Å². The van der Waals surface area contributed by atoms with E-state index in [9.17, 15) is 0 Å². The van der Waals surface area contributed by atoms with E-state index in [0.717, 1.165) is 36.9 Å². The maximum Gasteiger partial charge on any atom is 0.140 e. The fourth-order valence-corrected chi connectivity index (χ4v) is 1.97. The number of nitrogens with zero attached hydrogens (tertiary/aromatic N) is 2. The summed E-state index contributed by atoms with van der Waals surface area (Å²) in [5, 5.41) is 8.89. The zero-order chi connectivity index (χ0) is 9.42. The molecule has 2 rings (SSSR count). The van der Waals surface area contributed by atoms with Gasteiger partial charge in [-0.15, -0.1) is 0 Å². The van der Waals surface area contributed by atoms with Crippen LogP contribution in [0, 0.1) is 11.3 Å². The lowest BCUT2D eigenvalue weighted by atomic mass is 9.95. The normalized spacial score (nSPS) is 15.0. The standard InChI is InChI=1S/C9H12N4/c10-5-7-6-3-1-2-4-8(6)13(12)9(7)11/h1-4,11-12H2. The molecule has 1 aromatic rings. The number of hydrogen-bond acceptors (Lipinski definition) is 3. The molecule has 0 unspecified atom stereocenters. The van der Waals surface area contributed by atoms with Gasteiger partial charge in [0.15, 0.2) is 0 Å². The molecule has 1 aromatic heterocycles. The third kappa shape index (κ3) is 0.970. The van der Waals surface area contributed by atoms with Gasteiger partial charge in [0.05, 0.1) is 5.56 Å². The quantitative estimate of drug-likeness (QED) is 0.566. The number of fused-ring (bicyclic) bond motifs is 1. The van der Waals surface area contributed by atoms with E-state index < -0.39 is 0 Å². The van der Waals surface area contributed by atoms with Crippen molar-refractivity contribution >= 4 is 5.82 Å². The van der Waals surface area contributed by atoms with E-state index in [-0.39, 0.29) is 0 Å². The average Bonchev–Trinajstić information content (AvgIpc) is 2.41. The molecule has 1 heterocycles. The summed E-state index contributed by atoms with van der Waals surface area (Å²) >= 11 is 0. The summed E-state index contributed by atoms with van der Waals surface area (Å²) in [6.45, 7) is 0. The van der Waals surface area contributed by atoms with E-state index in [4.69, 9.17) is 16.8 Å². The lowest BCUT2D eigenvalue weighted by Gasteiger charge is -2.12. The summed E-state index contributed by atoms with van der Waals surface area (Å²) in [7, 11) is 0. The van der Waals surface area contributed by atoms with Crippen molar-refractivity contribution in [2.75, 3.05) is 11.6 Å². The predicted octanol–water partition coefficient (Wildman–Crippen LogP) is 0.535. The monoisotopic (exact) mass is 176 g/mol. The maximum absolute atomic E-state index is 8.89. The van der Waals surface area contributed by atoms with Crippen LogP contribution in [0.15, 0.2) is 0 Å². The lowest BCUT2D eigenvalue weighted by molar-refractivity contribution is 0.658. The molecule has 0 aliphatic heterocycles. The van der Waals surface area contributed by atoms with Crippen LogP contribution < -0.4 is 11.6 Å². The highest BCUT2D eigenvalue weighted by Gasteiger charge is 2.21. The number of anilines is 1. The average molecular weight is 176 g/mol. The minimum atomic E-state index is 0.411. The Bertz CT molecular complexity index is 383. The van der Waals surface area contributed by atoms with Crippen LogP contribution in [0.3, 0.4) is 0 Å². The zero-order valence-corrected chi connectivity index (χ0v) is 7.38. The van der Waals surface area contributed by atoms with Gasteiger partial charge in [-0.2, -0.15) is 5.26 Å². The molecule has 0 spiro atoms. The summed E-state index contributed by atoms with van der Waals surface area (Å²) in [5.41, 5.74) is 8.40. The molecule has 0 radical (unpaired) electrons. The Hall–Kier alpha value is -1.63. The van der Waals surface area contributed by atoms with Crippen molar-refractivity contribution < 1.29 is 0 Å². The first kappa shape index (κ1) is 7.99. The van der Waals surface area contributed by atoms with E-state index in [1.54, 1.807) is 0 Å². The molecule has 0 amide bonds. The molecule has 4 heteroatoms. The van der Waals surface area contributed by atoms with Gasteiger partial charge >= 0.3 is 0 Å². The molecule has 0 atom stereocenters. The number of nitrogen functional groups attached to an aromatic ring is 2. The van der Waals surface area contributed by atoms with Crippen LogP contribution in [0.2, 0.25) is 0 Å². The Morgan fingerprint density at radius 3 is 2.69 bits per heavy atom. The molecule has 68 valence electrons. The zero-order valence-electron chi connectivity index (χ0n) is 7.38. The van der Waals surface area contributed by atoms with Crippen LogP contribution in [0.1, 0.15) is 29.7 Å². The summed E-state index contributed by atoms with van der Waals surface area (Å²) in [6.07, 6.45) is 4.15. The summed E-state index contributed by atoms with van der Waals surface area (Å²) in [4.78, 5) is 0. The van der Waals surface area contributed by atoms with Crippen LogP contribution in [0.5, 0.6) is 0 Å². The maximum atomic E-state index is 8.89. The van der Waals surface area contributed by atoms with E-state index in [0.29, 0.717) is 11.4 Å². The molecule has 0 saturated heterocycles. The molecule has 1 aliphatic rings. The molecule has 4 N–H and O–H groups in total. The van der Waals surface area contributed by atoms with Gasteiger partial charge in [-0.25, -0.2) is 4.68 Å². The smallest absolute Gasteiger partial charge is 0.140 e. The second-order valence-corrected chi connectivity index (χ2v) is 3.37. The molecule has 4 nitrogen and oxygen atoms in total. The van der Waals surface area contributed by atoms with E-state index in [1.807, 2.05) is 0 Å². The molecular formula is C9H12N4. The molecule has 13 heavy (non-hydrogen) atoms. The van der Waals surface area contributed by atoms with Crippen molar-refractivity contribution in [2.24, 2.45) is 0 Å². The van der Waals surface area contributed by atoms with Crippen molar-refractivity contribution in [1.29, 1.82) is 5.26 Å². The Morgan fingerprint density at radius 1 is 1.31 bits per heavy atom. The number of nitrogens with two attached hydrogens (primary N) is 2. The largest absolute Gasteiger partial charge is 0.383 e. The Morgan fingerprint density at radius 2 is 2.00 bits per heavy atom. The summed E-state index contributed by atoms with van der Waals surface area (Å²) in [5.74, 6) is 6.15. The third-order valence-electron chi connectivity index (χ3n) is 2.66. The Balaban J connectivity index is 2.66. The summed E-state index contributed by atoms with van der Waals surface area (Å²) < 4.78 is 1.47. The highest BCUT2D eigenvalue weighted by Crippen LogP contribution is 2.29. The molecular weight excluding hydrogens is 164 g/mol. The van der Waals surface area contributed by atoms with Crippen LogP contribution in [-0.4, -0.2) is 4.68 Å². The fourth-order valence-electron chi connectivity index (χ4n) is 1.97. The first-order valence-corrected chi connectivity index (χ1v) is 4.42. The van der Waals surface area contributed by atoms with Gasteiger partial charge in [-0.05, 0) is 31.2 Å². The Kier molecular flexibility index (Phi) is 1.66. The Labute approximate surface area is 76.7 Å². The van der Waals surface area contributed by atoms with Crippen LogP contribution >= 0.6 is 0 Å². The van der Waals surface area contributed by atoms with Gasteiger partial charge in [-0.1, -0.05) is 0 Å². The number of hydrogen-bond donors (Lipinski definition) is 2. The third-order valence-corrected chi connectivity index (χ3v) is 2.66. The van der Waals surface area contributed by atoms with Crippen LogP contribution in [-0.2, 0) is 12.8 Å². The van der Waals surface area contributed by atoms with E-state index in [2.05, 4.69) is 6.07 Å². The van der Waals surface area contributed by atoms with Crippen LogP contribution in [0.4, 0.5) is 5.82 Å². The van der Waals surface area contributed by atoms with Crippen molar-refractivity contribution in [3.05, 3.63) is 16.8 Å². The van der Waals surface area contributed by atoms with Gasteiger partial charge in [-0.3, -0.25) is 0 Å². The SMILES string of the molecule is N#Cc1c2c(n(N)c1N)CCCC2. The molecule has 0 saturated carbocycles. The summed E-state index contributed by atoms with van der Waals surface area (Å²) in [6, 6.07) is 2.12. The topological polar surface area (TPSA) is 80.8 Å². The number of nitriles is 1. The fraction of sp³-hybridized carbons (Fsp3) is 0.444. The first-order valence-electron chi connectivity index (χ1n) is 4.42. The van der Waals surface area contributed by atoms with Crippen LogP contribution in [0.25, 0.3) is 0 Å². The number of rotatable bonds is 0. The van der Waals surface area contributed by atoms with Crippen molar-refractivity contribution in [3.8, 4) is 6.07 Å². The molecule has 0 fully saturated rings. The minimum absolute atomic E-state index is 0.411. The predicted molar refractivity (Wildman–Crippen MR) is 50.4 cm³/mol. The van der Waals surface area contributed by atoms with Gasteiger partial charge in [0.25, 0.3) is 0 Å². The highest BCUT2D eigenvalue weighted by atomic mass is 15.3. The van der Waals surface area contributed by atoms with Gasteiger partial charge in [0.2, 0.25) is 0 Å². The van der Waals surface area contributed by atoms with E-state index in [1.165, 1.54) is 4.68 Å². The number of aromatic nitrogens is 1.